The van der Waals surface area contributed by atoms with Gasteiger partial charge in [0.1, 0.15) is 11.3 Å². The molecule has 0 aliphatic carbocycles. The molecule has 7 heteroatoms. The zero-order chi connectivity index (χ0) is 20.2. The van der Waals surface area contributed by atoms with Crippen molar-refractivity contribution in [2.24, 2.45) is 0 Å². The number of benzene rings is 2. The maximum Gasteiger partial charge on any atom is 0.260 e. The molecule has 148 valence electrons. The third kappa shape index (κ3) is 4.14. The van der Waals surface area contributed by atoms with Gasteiger partial charge in [-0.25, -0.2) is 4.98 Å². The largest absolute Gasteiger partial charge is 0.492 e. The van der Waals surface area contributed by atoms with Crippen LogP contribution in [-0.4, -0.2) is 33.8 Å². The van der Waals surface area contributed by atoms with E-state index in [0.29, 0.717) is 30.4 Å². The van der Waals surface area contributed by atoms with Crippen molar-refractivity contribution in [3.8, 4) is 5.75 Å². The molecule has 0 N–H and O–H groups in total. The lowest BCUT2D eigenvalue weighted by atomic mass is 10.1. The van der Waals surface area contributed by atoms with Crippen LogP contribution in [0.2, 0.25) is 0 Å². The van der Waals surface area contributed by atoms with Crippen LogP contribution >= 0.6 is 11.3 Å². The molecule has 0 atom stereocenters. The molecule has 1 amide bonds. The number of thiazole rings is 1. The van der Waals surface area contributed by atoms with E-state index in [9.17, 15) is 4.79 Å². The highest BCUT2D eigenvalue weighted by Crippen LogP contribution is 2.34. The Morgan fingerprint density at radius 2 is 2.00 bits per heavy atom. The number of rotatable bonds is 7. The molecule has 0 radical (unpaired) electrons. The van der Waals surface area contributed by atoms with Gasteiger partial charge in [0.05, 0.1) is 17.9 Å². The van der Waals surface area contributed by atoms with Crippen LogP contribution in [0.5, 0.6) is 5.75 Å². The summed E-state index contributed by atoms with van der Waals surface area (Å²) in [6, 6.07) is 15.3. The lowest BCUT2D eigenvalue weighted by Gasteiger charge is -2.20. The smallest absolute Gasteiger partial charge is 0.260 e. The van der Waals surface area contributed by atoms with E-state index in [-0.39, 0.29) is 5.91 Å². The Labute approximate surface area is 173 Å². The molecule has 0 unspecified atom stereocenters. The first-order valence-corrected chi connectivity index (χ1v) is 10.4. The summed E-state index contributed by atoms with van der Waals surface area (Å²) in [4.78, 5) is 19.8. The highest BCUT2D eigenvalue weighted by Gasteiger charge is 2.22. The van der Waals surface area contributed by atoms with E-state index in [1.54, 1.807) is 11.1 Å². The minimum absolute atomic E-state index is 0.0748. The van der Waals surface area contributed by atoms with Crippen LogP contribution in [0.1, 0.15) is 22.8 Å². The maximum absolute atomic E-state index is 13.3. The number of carbonyl (C=O) groups excluding carboxylic acids is 1. The number of amides is 1. The van der Waals surface area contributed by atoms with E-state index in [1.165, 1.54) is 11.3 Å². The number of nitrogens with zero attached hydrogens (tertiary/aromatic N) is 4. The SMILES string of the molecule is CCOc1cccc2sc(N(CCn3cccn3)C(=O)c3ccc(C)cc3)nc12. The van der Waals surface area contributed by atoms with Gasteiger partial charge in [-0.2, -0.15) is 5.10 Å². The Bertz CT molecular complexity index is 1100. The number of para-hydroxylation sites is 1. The first-order chi connectivity index (χ1) is 14.2. The van der Waals surface area contributed by atoms with Crippen molar-refractivity contribution in [3.05, 3.63) is 72.1 Å². The molecule has 0 saturated heterocycles. The number of ether oxygens (including phenoxy) is 1. The minimum Gasteiger partial charge on any atom is -0.492 e. The topological polar surface area (TPSA) is 60.2 Å². The average Bonchev–Trinajstić information content (AvgIpc) is 3.39. The molecule has 2 aromatic carbocycles. The number of aromatic nitrogens is 3. The standard InChI is InChI=1S/C22H22N4O2S/c1-3-28-18-6-4-7-19-20(18)24-22(29-19)26(15-14-25-13-5-12-23-25)21(27)17-10-8-16(2)9-11-17/h4-13H,3,14-15H2,1-2H3. The van der Waals surface area contributed by atoms with Crippen LogP contribution in [0, 0.1) is 6.92 Å². The second kappa shape index (κ2) is 8.45. The predicted octanol–water partition coefficient (Wildman–Crippen LogP) is 4.55. The Morgan fingerprint density at radius 1 is 1.17 bits per heavy atom. The highest BCUT2D eigenvalue weighted by atomic mass is 32.1. The van der Waals surface area contributed by atoms with Crippen molar-refractivity contribution in [1.29, 1.82) is 0 Å². The monoisotopic (exact) mass is 406 g/mol. The number of aryl methyl sites for hydroxylation is 1. The Hall–Kier alpha value is -3.19. The van der Waals surface area contributed by atoms with Crippen LogP contribution in [-0.2, 0) is 6.54 Å². The first-order valence-electron chi connectivity index (χ1n) is 9.54. The molecule has 2 aromatic heterocycles. The lowest BCUT2D eigenvalue weighted by molar-refractivity contribution is 0.0986. The number of anilines is 1. The Kier molecular flexibility index (Phi) is 5.57. The van der Waals surface area contributed by atoms with E-state index < -0.39 is 0 Å². The fraction of sp³-hybridized carbons (Fsp3) is 0.227. The zero-order valence-corrected chi connectivity index (χ0v) is 17.2. The van der Waals surface area contributed by atoms with Gasteiger partial charge in [0.2, 0.25) is 0 Å². The van der Waals surface area contributed by atoms with Crippen LogP contribution in [0.15, 0.2) is 60.9 Å². The molecule has 4 aromatic rings. The Balaban J connectivity index is 1.70. The van der Waals surface area contributed by atoms with E-state index in [4.69, 9.17) is 9.72 Å². The summed E-state index contributed by atoms with van der Waals surface area (Å²) in [5.74, 6) is 0.663. The van der Waals surface area contributed by atoms with E-state index >= 15 is 0 Å². The fourth-order valence-electron chi connectivity index (χ4n) is 3.07. The molecule has 0 spiro atoms. The van der Waals surface area contributed by atoms with Crippen LogP contribution in [0.25, 0.3) is 10.2 Å². The van der Waals surface area contributed by atoms with Crippen LogP contribution < -0.4 is 9.64 Å². The second-order valence-corrected chi connectivity index (χ2v) is 7.63. The van der Waals surface area contributed by atoms with Crippen molar-refractivity contribution < 1.29 is 9.53 Å². The summed E-state index contributed by atoms with van der Waals surface area (Å²) < 4.78 is 8.52. The van der Waals surface area contributed by atoms with Gasteiger partial charge < -0.3 is 4.74 Å². The van der Waals surface area contributed by atoms with Crippen molar-refractivity contribution in [1.82, 2.24) is 14.8 Å². The zero-order valence-electron chi connectivity index (χ0n) is 16.4. The third-order valence-electron chi connectivity index (χ3n) is 4.56. The summed E-state index contributed by atoms with van der Waals surface area (Å²) in [6.07, 6.45) is 3.62. The minimum atomic E-state index is -0.0748. The van der Waals surface area contributed by atoms with Gasteiger partial charge in [0.25, 0.3) is 5.91 Å². The highest BCUT2D eigenvalue weighted by molar-refractivity contribution is 7.22. The van der Waals surface area contributed by atoms with Gasteiger partial charge in [0, 0.05) is 24.5 Å². The molecular formula is C22H22N4O2S. The van der Waals surface area contributed by atoms with Gasteiger partial charge in [0.15, 0.2) is 5.13 Å². The average molecular weight is 407 g/mol. The molecule has 0 aliphatic rings. The second-order valence-electron chi connectivity index (χ2n) is 6.62. The first kappa shape index (κ1) is 19.1. The van der Waals surface area contributed by atoms with Crippen molar-refractivity contribution >= 4 is 32.6 Å². The fourth-order valence-corrected chi connectivity index (χ4v) is 4.08. The van der Waals surface area contributed by atoms with Crippen LogP contribution in [0.4, 0.5) is 5.13 Å². The maximum atomic E-state index is 13.3. The summed E-state index contributed by atoms with van der Waals surface area (Å²) >= 11 is 1.49. The number of carbonyl (C=O) groups is 1. The van der Waals surface area contributed by atoms with E-state index in [0.717, 1.165) is 21.5 Å². The quantitative estimate of drug-likeness (QED) is 0.452. The van der Waals surface area contributed by atoms with Gasteiger partial charge in [-0.05, 0) is 44.2 Å². The number of hydrogen-bond acceptors (Lipinski definition) is 5. The van der Waals surface area contributed by atoms with Crippen LogP contribution in [0.3, 0.4) is 0 Å². The van der Waals surface area contributed by atoms with Gasteiger partial charge in [-0.3, -0.25) is 14.4 Å². The molecule has 29 heavy (non-hydrogen) atoms. The molecule has 2 heterocycles. The van der Waals surface area contributed by atoms with Crippen molar-refractivity contribution in [2.75, 3.05) is 18.1 Å². The predicted molar refractivity (Wildman–Crippen MR) is 116 cm³/mol. The van der Waals surface area contributed by atoms with E-state index in [2.05, 4.69) is 5.10 Å². The summed E-state index contributed by atoms with van der Waals surface area (Å²) in [7, 11) is 0. The molecule has 0 fully saturated rings. The number of hydrogen-bond donors (Lipinski definition) is 0. The Morgan fingerprint density at radius 3 is 2.72 bits per heavy atom. The summed E-state index contributed by atoms with van der Waals surface area (Å²) in [5, 5.41) is 4.91. The van der Waals surface area contributed by atoms with Gasteiger partial charge >= 0.3 is 0 Å². The molecule has 4 rings (SSSR count). The molecule has 0 bridgehead atoms. The normalized spacial score (nSPS) is 11.0. The summed E-state index contributed by atoms with van der Waals surface area (Å²) in [6.45, 7) is 5.57. The van der Waals surface area contributed by atoms with E-state index in [1.807, 2.05) is 73.3 Å². The van der Waals surface area contributed by atoms with Crippen molar-refractivity contribution in [3.63, 3.8) is 0 Å². The molecule has 0 aliphatic heterocycles. The molecule has 6 nitrogen and oxygen atoms in total. The number of fused-ring (bicyclic) bond motifs is 1. The summed E-state index contributed by atoms with van der Waals surface area (Å²) in [5.41, 5.74) is 2.54. The lowest BCUT2D eigenvalue weighted by Crippen LogP contribution is -2.34. The molecular weight excluding hydrogens is 384 g/mol. The van der Waals surface area contributed by atoms with Gasteiger partial charge in [-0.15, -0.1) is 0 Å². The molecule has 0 saturated carbocycles. The third-order valence-corrected chi connectivity index (χ3v) is 5.60. The van der Waals surface area contributed by atoms with Gasteiger partial charge in [-0.1, -0.05) is 35.1 Å². The van der Waals surface area contributed by atoms with Crippen molar-refractivity contribution in [2.45, 2.75) is 20.4 Å².